The van der Waals surface area contributed by atoms with Gasteiger partial charge in [0.25, 0.3) is 0 Å². The normalized spacial score (nSPS) is 25.0. The van der Waals surface area contributed by atoms with E-state index in [2.05, 4.69) is 31.5 Å². The predicted molar refractivity (Wildman–Crippen MR) is 86.9 cm³/mol. The van der Waals surface area contributed by atoms with Crippen LogP contribution in [0.5, 0.6) is 0 Å². The predicted octanol–water partition coefficient (Wildman–Crippen LogP) is 1.90. The molecule has 23 heavy (non-hydrogen) atoms. The number of hydrogen-bond acceptors (Lipinski definition) is 4. The Morgan fingerprint density at radius 1 is 1.22 bits per heavy atom. The molecule has 2 aliphatic carbocycles. The minimum absolute atomic E-state index is 0.233. The molecule has 6 nitrogen and oxygen atoms in total. The highest BCUT2D eigenvalue weighted by atomic mass is 16.2. The molecule has 0 N–H and O–H groups in total. The molecule has 2 saturated carbocycles. The highest BCUT2D eigenvalue weighted by molar-refractivity contribution is 5.74. The summed E-state index contributed by atoms with van der Waals surface area (Å²) in [6.45, 7) is 6.64. The largest absolute Gasteiger partial charge is 0.338 e. The SMILES string of the molecule is CC(=O)N(C[C@@H]1CCCN1Cc1nnc(C)n1C1CC1)C1CC1. The molecule has 0 spiro atoms. The summed E-state index contributed by atoms with van der Waals surface area (Å²) in [5, 5.41) is 8.72. The minimum Gasteiger partial charge on any atom is -0.338 e. The lowest BCUT2D eigenvalue weighted by molar-refractivity contribution is -0.130. The van der Waals surface area contributed by atoms with Gasteiger partial charge in [-0.2, -0.15) is 0 Å². The van der Waals surface area contributed by atoms with Crippen LogP contribution in [0.15, 0.2) is 0 Å². The van der Waals surface area contributed by atoms with Crippen molar-refractivity contribution < 1.29 is 4.79 Å². The van der Waals surface area contributed by atoms with Crippen LogP contribution in [0.4, 0.5) is 0 Å². The van der Waals surface area contributed by atoms with Gasteiger partial charge in [-0.3, -0.25) is 9.69 Å². The number of aryl methyl sites for hydroxylation is 1. The standard InChI is InChI=1S/C17H27N5O/c1-12-18-19-17(22(12)15-7-8-15)11-20-9-3-4-16(20)10-21(13(2)23)14-5-6-14/h14-16H,3-11H2,1-2H3/t16-/m0/s1. The van der Waals surface area contributed by atoms with Crippen molar-refractivity contribution in [2.75, 3.05) is 13.1 Å². The molecule has 0 radical (unpaired) electrons. The molecule has 1 aromatic rings. The van der Waals surface area contributed by atoms with E-state index < -0.39 is 0 Å². The van der Waals surface area contributed by atoms with Crippen LogP contribution in [-0.4, -0.2) is 55.6 Å². The maximum Gasteiger partial charge on any atom is 0.219 e. The number of nitrogens with zero attached hydrogens (tertiary/aromatic N) is 5. The van der Waals surface area contributed by atoms with Crippen LogP contribution in [-0.2, 0) is 11.3 Å². The third kappa shape index (κ3) is 3.13. The Morgan fingerprint density at radius 3 is 2.65 bits per heavy atom. The molecule has 0 bridgehead atoms. The van der Waals surface area contributed by atoms with E-state index in [0.717, 1.165) is 31.3 Å². The highest BCUT2D eigenvalue weighted by Crippen LogP contribution is 2.37. The van der Waals surface area contributed by atoms with E-state index in [4.69, 9.17) is 0 Å². The lowest BCUT2D eigenvalue weighted by Gasteiger charge is -2.30. The zero-order valence-electron chi connectivity index (χ0n) is 14.2. The topological polar surface area (TPSA) is 54.3 Å². The molecule has 126 valence electrons. The number of amides is 1. The van der Waals surface area contributed by atoms with Crippen LogP contribution in [0.2, 0.25) is 0 Å². The number of rotatable bonds is 6. The van der Waals surface area contributed by atoms with E-state index in [1.165, 1.54) is 38.5 Å². The zero-order valence-corrected chi connectivity index (χ0v) is 14.2. The Balaban J connectivity index is 1.44. The lowest BCUT2D eigenvalue weighted by atomic mass is 10.2. The summed E-state index contributed by atoms with van der Waals surface area (Å²) < 4.78 is 2.33. The van der Waals surface area contributed by atoms with Crippen LogP contribution >= 0.6 is 0 Å². The smallest absolute Gasteiger partial charge is 0.219 e. The van der Waals surface area contributed by atoms with Crippen LogP contribution in [0.25, 0.3) is 0 Å². The molecule has 1 aliphatic heterocycles. The molecule has 0 unspecified atom stereocenters. The Morgan fingerprint density at radius 2 is 2.00 bits per heavy atom. The first-order chi connectivity index (χ1) is 11.1. The summed E-state index contributed by atoms with van der Waals surface area (Å²) in [7, 11) is 0. The van der Waals surface area contributed by atoms with Gasteiger partial charge in [-0.05, 0) is 52.0 Å². The second-order valence-electron chi connectivity index (χ2n) is 7.43. The van der Waals surface area contributed by atoms with Crippen molar-refractivity contribution in [1.82, 2.24) is 24.6 Å². The molecule has 0 aromatic carbocycles. The number of hydrogen-bond donors (Lipinski definition) is 0. The first kappa shape index (κ1) is 15.1. The molecular formula is C17H27N5O. The minimum atomic E-state index is 0.233. The van der Waals surface area contributed by atoms with E-state index in [9.17, 15) is 4.79 Å². The van der Waals surface area contributed by atoms with Crippen LogP contribution in [0.3, 0.4) is 0 Å². The first-order valence-electron chi connectivity index (χ1n) is 9.05. The van der Waals surface area contributed by atoms with Gasteiger partial charge in [0.2, 0.25) is 5.91 Å². The maximum absolute atomic E-state index is 11.9. The average molecular weight is 317 g/mol. The van der Waals surface area contributed by atoms with Crippen molar-refractivity contribution >= 4 is 5.91 Å². The van der Waals surface area contributed by atoms with Gasteiger partial charge < -0.3 is 9.47 Å². The summed E-state index contributed by atoms with van der Waals surface area (Å²) in [6, 6.07) is 1.61. The van der Waals surface area contributed by atoms with Crippen molar-refractivity contribution in [3.05, 3.63) is 11.6 Å². The number of likely N-dealkylation sites (tertiary alicyclic amines) is 1. The summed E-state index contributed by atoms with van der Waals surface area (Å²) in [5.74, 6) is 2.38. The molecule has 1 amide bonds. The van der Waals surface area contributed by atoms with Crippen LogP contribution in [0.1, 0.15) is 63.1 Å². The number of aromatic nitrogens is 3. The fourth-order valence-electron chi connectivity index (χ4n) is 3.97. The van der Waals surface area contributed by atoms with Gasteiger partial charge in [0, 0.05) is 31.6 Å². The quantitative estimate of drug-likeness (QED) is 0.804. The van der Waals surface area contributed by atoms with Gasteiger partial charge in [-0.25, -0.2) is 0 Å². The number of carbonyl (C=O) groups is 1. The second-order valence-corrected chi connectivity index (χ2v) is 7.43. The van der Waals surface area contributed by atoms with Gasteiger partial charge in [-0.1, -0.05) is 0 Å². The van der Waals surface area contributed by atoms with Gasteiger partial charge in [-0.15, -0.1) is 10.2 Å². The van der Waals surface area contributed by atoms with Crippen LogP contribution in [0, 0.1) is 6.92 Å². The zero-order chi connectivity index (χ0) is 16.0. The molecule has 3 fully saturated rings. The van der Waals surface area contributed by atoms with E-state index in [1.54, 1.807) is 6.92 Å². The van der Waals surface area contributed by atoms with Gasteiger partial charge in [0.15, 0.2) is 0 Å². The summed E-state index contributed by atoms with van der Waals surface area (Å²) in [5.41, 5.74) is 0. The molecule has 4 rings (SSSR count). The molecule has 1 saturated heterocycles. The van der Waals surface area contributed by atoms with Crippen molar-refractivity contribution in [1.29, 1.82) is 0 Å². The van der Waals surface area contributed by atoms with Crippen molar-refractivity contribution in [3.63, 3.8) is 0 Å². The second kappa shape index (κ2) is 5.89. The summed E-state index contributed by atoms with van der Waals surface area (Å²) in [6.07, 6.45) is 7.29. The van der Waals surface area contributed by atoms with Gasteiger partial charge in [0.1, 0.15) is 11.6 Å². The third-order valence-electron chi connectivity index (χ3n) is 5.49. The Bertz CT molecular complexity index is 590. The van der Waals surface area contributed by atoms with Gasteiger partial charge in [0.05, 0.1) is 6.54 Å². The average Bonchev–Trinajstić information content (AvgIpc) is 3.43. The first-order valence-corrected chi connectivity index (χ1v) is 9.05. The third-order valence-corrected chi connectivity index (χ3v) is 5.49. The van der Waals surface area contributed by atoms with Crippen LogP contribution < -0.4 is 0 Å². The maximum atomic E-state index is 11.9. The highest BCUT2D eigenvalue weighted by Gasteiger charge is 2.36. The molecule has 3 aliphatic rings. The van der Waals surface area contributed by atoms with E-state index in [0.29, 0.717) is 18.1 Å². The Labute approximate surface area is 137 Å². The van der Waals surface area contributed by atoms with E-state index in [1.807, 2.05) is 0 Å². The van der Waals surface area contributed by atoms with E-state index in [-0.39, 0.29) is 5.91 Å². The van der Waals surface area contributed by atoms with Gasteiger partial charge >= 0.3 is 0 Å². The lowest BCUT2D eigenvalue weighted by Crippen LogP contribution is -2.43. The monoisotopic (exact) mass is 317 g/mol. The van der Waals surface area contributed by atoms with E-state index >= 15 is 0 Å². The summed E-state index contributed by atoms with van der Waals surface area (Å²) >= 11 is 0. The number of carbonyl (C=O) groups excluding carboxylic acids is 1. The molecule has 2 heterocycles. The fourth-order valence-corrected chi connectivity index (χ4v) is 3.97. The molecule has 1 atom stereocenters. The van der Waals surface area contributed by atoms with Crippen molar-refractivity contribution in [2.45, 2.75) is 77.0 Å². The molecular weight excluding hydrogens is 290 g/mol. The van der Waals surface area contributed by atoms with Crippen molar-refractivity contribution in [2.24, 2.45) is 0 Å². The molecule has 1 aromatic heterocycles. The summed E-state index contributed by atoms with van der Waals surface area (Å²) in [4.78, 5) is 16.5. The fraction of sp³-hybridized carbons (Fsp3) is 0.824. The Kier molecular flexibility index (Phi) is 3.87. The Hall–Kier alpha value is -1.43. The van der Waals surface area contributed by atoms with Crippen molar-refractivity contribution in [3.8, 4) is 0 Å². The molecule has 6 heteroatoms.